The molecule has 0 radical (unpaired) electrons. The van der Waals surface area contributed by atoms with Crippen molar-refractivity contribution in [3.8, 4) is 0 Å². The number of nitrogens with two attached hydrogens (primary N) is 1. The Balaban J connectivity index is 1.83. The second-order valence-corrected chi connectivity index (χ2v) is 6.89. The van der Waals surface area contributed by atoms with Crippen molar-refractivity contribution in [3.05, 3.63) is 0 Å². The quantitative estimate of drug-likeness (QED) is 0.779. The standard InChI is InChI=1S/C14H27N3O/c1-13(2)10-17(7-8-18-13)14(9-15)11-16-5-3-12(14)4-6-16/h12H,3-11,15H2,1-2H3. The van der Waals surface area contributed by atoms with E-state index in [4.69, 9.17) is 10.5 Å². The number of fused-ring (bicyclic) bond motifs is 3. The summed E-state index contributed by atoms with van der Waals surface area (Å²) in [5, 5.41) is 0. The Kier molecular flexibility index (Phi) is 3.17. The van der Waals surface area contributed by atoms with Crippen LogP contribution >= 0.6 is 0 Å². The average molecular weight is 253 g/mol. The molecule has 4 nitrogen and oxygen atoms in total. The summed E-state index contributed by atoms with van der Waals surface area (Å²) in [6.07, 6.45) is 2.66. The molecule has 0 aromatic heterocycles. The molecule has 2 N–H and O–H groups in total. The molecule has 4 heteroatoms. The zero-order valence-electron chi connectivity index (χ0n) is 11.8. The SMILES string of the molecule is CC1(C)CN(C2(CN)CN3CCC2CC3)CCO1. The maximum absolute atomic E-state index is 6.24. The Morgan fingerprint density at radius 3 is 2.39 bits per heavy atom. The van der Waals surface area contributed by atoms with Crippen molar-refractivity contribution in [2.24, 2.45) is 11.7 Å². The minimum atomic E-state index is -0.0214. The van der Waals surface area contributed by atoms with Gasteiger partial charge in [0, 0.05) is 31.7 Å². The Bertz CT molecular complexity index is 312. The van der Waals surface area contributed by atoms with Crippen LogP contribution in [-0.2, 0) is 4.74 Å². The van der Waals surface area contributed by atoms with E-state index in [1.165, 1.54) is 32.5 Å². The van der Waals surface area contributed by atoms with E-state index in [1.807, 2.05) is 0 Å². The zero-order valence-corrected chi connectivity index (χ0v) is 11.8. The van der Waals surface area contributed by atoms with E-state index in [9.17, 15) is 0 Å². The molecule has 4 aliphatic heterocycles. The summed E-state index contributed by atoms with van der Waals surface area (Å²) >= 11 is 0. The van der Waals surface area contributed by atoms with Gasteiger partial charge in [0.15, 0.2) is 0 Å². The van der Waals surface area contributed by atoms with Crippen molar-refractivity contribution >= 4 is 0 Å². The molecule has 4 aliphatic rings. The molecule has 0 aliphatic carbocycles. The highest BCUT2D eigenvalue weighted by molar-refractivity contribution is 5.07. The van der Waals surface area contributed by atoms with E-state index in [0.29, 0.717) is 0 Å². The topological polar surface area (TPSA) is 41.7 Å². The van der Waals surface area contributed by atoms with Gasteiger partial charge in [-0.1, -0.05) is 0 Å². The number of morpholine rings is 1. The Labute approximate surface area is 110 Å². The lowest BCUT2D eigenvalue weighted by molar-refractivity contribution is -0.151. The van der Waals surface area contributed by atoms with Gasteiger partial charge in [0.25, 0.3) is 0 Å². The van der Waals surface area contributed by atoms with Crippen molar-refractivity contribution in [2.45, 2.75) is 37.8 Å². The second kappa shape index (κ2) is 4.44. The van der Waals surface area contributed by atoms with Crippen LogP contribution in [0.3, 0.4) is 0 Å². The molecule has 0 spiro atoms. The molecular formula is C14H27N3O. The average Bonchev–Trinajstić information content (AvgIpc) is 2.38. The summed E-state index contributed by atoms with van der Waals surface area (Å²) in [4.78, 5) is 5.25. The van der Waals surface area contributed by atoms with Gasteiger partial charge in [0.05, 0.1) is 12.2 Å². The minimum absolute atomic E-state index is 0.0214. The van der Waals surface area contributed by atoms with Crippen molar-refractivity contribution in [2.75, 3.05) is 45.9 Å². The highest BCUT2D eigenvalue weighted by Crippen LogP contribution is 2.40. The van der Waals surface area contributed by atoms with Crippen LogP contribution in [0.4, 0.5) is 0 Å². The molecule has 4 heterocycles. The maximum Gasteiger partial charge on any atom is 0.0753 e. The predicted molar refractivity (Wildman–Crippen MR) is 72.6 cm³/mol. The van der Waals surface area contributed by atoms with Crippen molar-refractivity contribution in [1.82, 2.24) is 9.80 Å². The fourth-order valence-corrected chi connectivity index (χ4v) is 4.26. The predicted octanol–water partition coefficient (Wildman–Crippen LogP) is 0.520. The molecule has 4 fully saturated rings. The van der Waals surface area contributed by atoms with Crippen molar-refractivity contribution < 1.29 is 4.74 Å². The van der Waals surface area contributed by atoms with Crippen LogP contribution in [0.15, 0.2) is 0 Å². The van der Waals surface area contributed by atoms with Crippen LogP contribution in [0, 0.1) is 5.92 Å². The molecule has 1 atom stereocenters. The van der Waals surface area contributed by atoms with Crippen LogP contribution in [0.2, 0.25) is 0 Å². The van der Waals surface area contributed by atoms with Gasteiger partial charge in [-0.05, 0) is 45.7 Å². The third kappa shape index (κ3) is 1.99. The molecule has 1 unspecified atom stereocenters. The maximum atomic E-state index is 6.24. The van der Waals surface area contributed by atoms with Crippen LogP contribution in [0.5, 0.6) is 0 Å². The van der Waals surface area contributed by atoms with Gasteiger partial charge in [-0.2, -0.15) is 0 Å². The van der Waals surface area contributed by atoms with Gasteiger partial charge in [-0.3, -0.25) is 4.90 Å². The third-order valence-corrected chi connectivity index (χ3v) is 5.25. The highest BCUT2D eigenvalue weighted by Gasteiger charge is 2.51. The number of rotatable bonds is 2. The summed E-state index contributed by atoms with van der Waals surface area (Å²) in [6, 6.07) is 0. The lowest BCUT2D eigenvalue weighted by Gasteiger charge is -2.59. The summed E-state index contributed by atoms with van der Waals surface area (Å²) in [5.74, 6) is 0.793. The van der Waals surface area contributed by atoms with Crippen LogP contribution in [-0.4, -0.2) is 66.8 Å². The minimum Gasteiger partial charge on any atom is -0.373 e. The van der Waals surface area contributed by atoms with Crippen molar-refractivity contribution in [1.29, 1.82) is 0 Å². The van der Waals surface area contributed by atoms with Gasteiger partial charge in [0.2, 0.25) is 0 Å². The summed E-state index contributed by atoms with van der Waals surface area (Å²) in [7, 11) is 0. The van der Waals surface area contributed by atoms with E-state index in [-0.39, 0.29) is 11.1 Å². The first kappa shape index (κ1) is 12.9. The van der Waals surface area contributed by atoms with E-state index < -0.39 is 0 Å². The van der Waals surface area contributed by atoms with Gasteiger partial charge in [-0.15, -0.1) is 0 Å². The second-order valence-electron chi connectivity index (χ2n) is 6.89. The molecule has 4 rings (SSSR count). The summed E-state index contributed by atoms with van der Waals surface area (Å²) in [5.41, 5.74) is 6.43. The number of hydrogen-bond donors (Lipinski definition) is 1. The first-order valence-corrected chi connectivity index (χ1v) is 7.37. The summed E-state index contributed by atoms with van der Waals surface area (Å²) < 4.78 is 5.86. The molecule has 0 saturated carbocycles. The van der Waals surface area contributed by atoms with E-state index >= 15 is 0 Å². The van der Waals surface area contributed by atoms with E-state index in [2.05, 4.69) is 23.6 Å². The molecule has 0 amide bonds. The molecule has 104 valence electrons. The van der Waals surface area contributed by atoms with E-state index in [1.54, 1.807) is 0 Å². The van der Waals surface area contributed by atoms with Crippen LogP contribution in [0.25, 0.3) is 0 Å². The Hall–Kier alpha value is -0.160. The Morgan fingerprint density at radius 2 is 1.89 bits per heavy atom. The fraction of sp³-hybridized carbons (Fsp3) is 1.00. The zero-order chi connectivity index (χ0) is 12.8. The number of piperidine rings is 3. The third-order valence-electron chi connectivity index (χ3n) is 5.25. The van der Waals surface area contributed by atoms with Gasteiger partial charge < -0.3 is 15.4 Å². The monoisotopic (exact) mass is 253 g/mol. The largest absolute Gasteiger partial charge is 0.373 e. The van der Waals surface area contributed by atoms with Gasteiger partial charge in [0.1, 0.15) is 0 Å². The number of ether oxygens (including phenoxy) is 1. The number of hydrogen-bond acceptors (Lipinski definition) is 4. The van der Waals surface area contributed by atoms with E-state index in [0.717, 1.165) is 32.2 Å². The first-order chi connectivity index (χ1) is 8.56. The highest BCUT2D eigenvalue weighted by atomic mass is 16.5. The summed E-state index contributed by atoms with van der Waals surface area (Å²) in [6.45, 7) is 11.8. The van der Waals surface area contributed by atoms with Crippen molar-refractivity contribution in [3.63, 3.8) is 0 Å². The molecule has 4 saturated heterocycles. The molecule has 0 aromatic rings. The van der Waals surface area contributed by atoms with Crippen LogP contribution in [0.1, 0.15) is 26.7 Å². The lowest BCUT2D eigenvalue weighted by Crippen LogP contribution is -2.72. The normalized spacial score (nSPS) is 44.2. The lowest BCUT2D eigenvalue weighted by atomic mass is 9.71. The van der Waals surface area contributed by atoms with Gasteiger partial charge >= 0.3 is 0 Å². The number of nitrogens with zero attached hydrogens (tertiary/aromatic N) is 2. The first-order valence-electron chi connectivity index (χ1n) is 7.37. The smallest absolute Gasteiger partial charge is 0.0753 e. The molecular weight excluding hydrogens is 226 g/mol. The molecule has 18 heavy (non-hydrogen) atoms. The molecule has 2 bridgehead atoms. The molecule has 0 aromatic carbocycles. The van der Waals surface area contributed by atoms with Gasteiger partial charge in [-0.25, -0.2) is 0 Å². The fourth-order valence-electron chi connectivity index (χ4n) is 4.26. The Morgan fingerprint density at radius 1 is 1.17 bits per heavy atom. The van der Waals surface area contributed by atoms with Crippen LogP contribution < -0.4 is 5.73 Å².